The van der Waals surface area contributed by atoms with Gasteiger partial charge < -0.3 is 24.4 Å². The van der Waals surface area contributed by atoms with Crippen LogP contribution in [-0.2, 0) is 0 Å². The van der Waals surface area contributed by atoms with Gasteiger partial charge in [-0.25, -0.2) is 9.97 Å². The molecule has 0 bridgehead atoms. The molecule has 0 saturated carbocycles. The van der Waals surface area contributed by atoms with E-state index in [4.69, 9.17) is 14.2 Å². The average molecular weight is 374 g/mol. The Kier molecular flexibility index (Phi) is 6.81. The highest BCUT2D eigenvalue weighted by Crippen LogP contribution is 2.40. The molecule has 0 atom stereocenters. The monoisotopic (exact) mass is 374 g/mol. The lowest BCUT2D eigenvalue weighted by molar-refractivity contribution is 0.0767. The summed E-state index contributed by atoms with van der Waals surface area (Å²) >= 11 is 0. The molecular formula is C19H26N4O4. The number of aryl methyl sites for hydroxylation is 1. The van der Waals surface area contributed by atoms with E-state index in [-0.39, 0.29) is 5.91 Å². The maximum absolute atomic E-state index is 12.6. The summed E-state index contributed by atoms with van der Waals surface area (Å²) in [7, 11) is 4.64. The molecule has 146 valence electrons. The number of carbonyl (C=O) groups is 1. The number of nitrogens with one attached hydrogen (secondary N) is 1. The second-order valence-corrected chi connectivity index (χ2v) is 5.73. The smallest absolute Gasteiger partial charge is 0.272 e. The van der Waals surface area contributed by atoms with Crippen molar-refractivity contribution >= 4 is 17.5 Å². The van der Waals surface area contributed by atoms with Crippen LogP contribution in [0.4, 0.5) is 11.6 Å². The first-order chi connectivity index (χ1) is 13.0. The summed E-state index contributed by atoms with van der Waals surface area (Å²) in [5, 5.41) is 3.11. The fraction of sp³-hybridized carbons (Fsp3) is 0.421. The molecule has 0 aliphatic heterocycles. The number of nitrogens with zero attached hydrogens (tertiary/aromatic N) is 3. The molecule has 0 saturated heterocycles. The Labute approximate surface area is 159 Å². The number of rotatable bonds is 8. The van der Waals surface area contributed by atoms with Crippen LogP contribution >= 0.6 is 0 Å². The van der Waals surface area contributed by atoms with Gasteiger partial charge in [-0.15, -0.1) is 0 Å². The van der Waals surface area contributed by atoms with Crippen LogP contribution in [-0.4, -0.2) is 55.2 Å². The quantitative estimate of drug-likeness (QED) is 0.760. The van der Waals surface area contributed by atoms with Gasteiger partial charge in [0, 0.05) is 36.6 Å². The summed E-state index contributed by atoms with van der Waals surface area (Å²) in [6.45, 7) is 6.93. The van der Waals surface area contributed by atoms with Crippen molar-refractivity contribution in [3.8, 4) is 17.2 Å². The van der Waals surface area contributed by atoms with Crippen LogP contribution in [0.2, 0.25) is 0 Å². The molecule has 0 aliphatic rings. The van der Waals surface area contributed by atoms with Crippen LogP contribution in [0, 0.1) is 6.92 Å². The third-order valence-corrected chi connectivity index (χ3v) is 4.04. The fourth-order valence-electron chi connectivity index (χ4n) is 2.69. The van der Waals surface area contributed by atoms with Gasteiger partial charge in [-0.1, -0.05) is 0 Å². The molecule has 0 fully saturated rings. The van der Waals surface area contributed by atoms with Crippen molar-refractivity contribution in [3.63, 3.8) is 0 Å². The SMILES string of the molecule is CCN(CC)C(=O)c1cc(C)nc(Nc2cc(OC)c(OC)c(OC)c2)n1. The van der Waals surface area contributed by atoms with E-state index in [0.717, 1.165) is 0 Å². The minimum atomic E-state index is -0.126. The number of benzene rings is 1. The Morgan fingerprint density at radius 2 is 1.59 bits per heavy atom. The minimum absolute atomic E-state index is 0.126. The molecule has 1 heterocycles. The maximum atomic E-state index is 12.6. The van der Waals surface area contributed by atoms with Gasteiger partial charge in [-0.2, -0.15) is 0 Å². The first-order valence-electron chi connectivity index (χ1n) is 8.69. The Hall–Kier alpha value is -3.03. The van der Waals surface area contributed by atoms with Gasteiger partial charge >= 0.3 is 0 Å². The molecule has 8 heteroatoms. The van der Waals surface area contributed by atoms with Gasteiger partial charge in [0.25, 0.3) is 5.91 Å². The van der Waals surface area contributed by atoms with E-state index in [1.165, 1.54) is 0 Å². The first kappa shape index (κ1) is 20.3. The number of ether oxygens (including phenoxy) is 3. The summed E-state index contributed by atoms with van der Waals surface area (Å²) in [6.07, 6.45) is 0. The standard InChI is InChI=1S/C19H26N4O4/c1-7-23(8-2)18(24)14-9-12(3)20-19(22-14)21-13-10-15(25-4)17(27-6)16(11-13)26-5/h9-11H,7-8H2,1-6H3,(H,20,21,22). The van der Waals surface area contributed by atoms with Crippen molar-refractivity contribution in [1.82, 2.24) is 14.9 Å². The van der Waals surface area contributed by atoms with E-state index in [1.807, 2.05) is 20.8 Å². The van der Waals surface area contributed by atoms with Crippen LogP contribution in [0.1, 0.15) is 30.0 Å². The molecule has 1 N–H and O–H groups in total. The van der Waals surface area contributed by atoms with Gasteiger partial charge in [0.2, 0.25) is 11.7 Å². The average Bonchev–Trinajstić information content (AvgIpc) is 2.67. The van der Waals surface area contributed by atoms with Crippen LogP contribution in [0.5, 0.6) is 17.2 Å². The lowest BCUT2D eigenvalue weighted by atomic mass is 10.2. The predicted molar refractivity (Wildman–Crippen MR) is 103 cm³/mol. The number of amides is 1. The van der Waals surface area contributed by atoms with Crippen molar-refractivity contribution in [3.05, 3.63) is 29.6 Å². The number of aromatic nitrogens is 2. The summed E-state index contributed by atoms with van der Waals surface area (Å²) in [4.78, 5) is 23.1. The van der Waals surface area contributed by atoms with E-state index in [0.29, 0.717) is 53.4 Å². The Morgan fingerprint density at radius 3 is 2.07 bits per heavy atom. The highest BCUT2D eigenvalue weighted by Gasteiger charge is 2.17. The second kappa shape index (κ2) is 9.07. The molecule has 1 aromatic heterocycles. The van der Waals surface area contributed by atoms with E-state index >= 15 is 0 Å². The summed E-state index contributed by atoms with van der Waals surface area (Å²) in [6, 6.07) is 5.18. The zero-order valence-corrected chi connectivity index (χ0v) is 16.6. The third kappa shape index (κ3) is 4.58. The van der Waals surface area contributed by atoms with Gasteiger partial charge in [-0.3, -0.25) is 4.79 Å². The molecule has 27 heavy (non-hydrogen) atoms. The van der Waals surface area contributed by atoms with Crippen LogP contribution in [0.15, 0.2) is 18.2 Å². The van der Waals surface area contributed by atoms with Crippen molar-refractivity contribution in [1.29, 1.82) is 0 Å². The Morgan fingerprint density at radius 1 is 1.00 bits per heavy atom. The molecule has 0 aliphatic carbocycles. The molecule has 1 aromatic carbocycles. The number of methoxy groups -OCH3 is 3. The number of hydrogen-bond donors (Lipinski definition) is 1. The van der Waals surface area contributed by atoms with Gasteiger partial charge in [0.05, 0.1) is 21.3 Å². The molecule has 1 amide bonds. The molecule has 2 aromatic rings. The van der Waals surface area contributed by atoms with Crippen molar-refractivity contribution in [2.75, 3.05) is 39.7 Å². The number of carbonyl (C=O) groups excluding carboxylic acids is 1. The van der Waals surface area contributed by atoms with Gasteiger partial charge in [0.15, 0.2) is 11.5 Å². The number of anilines is 2. The van der Waals surface area contributed by atoms with Gasteiger partial charge in [0.1, 0.15) is 5.69 Å². The zero-order chi connectivity index (χ0) is 20.0. The van der Waals surface area contributed by atoms with E-state index < -0.39 is 0 Å². The normalized spacial score (nSPS) is 10.3. The maximum Gasteiger partial charge on any atom is 0.272 e. The Bertz CT molecular complexity index is 781. The molecule has 0 spiro atoms. The fourth-order valence-corrected chi connectivity index (χ4v) is 2.69. The van der Waals surface area contributed by atoms with E-state index in [2.05, 4.69) is 15.3 Å². The van der Waals surface area contributed by atoms with E-state index in [9.17, 15) is 4.79 Å². The first-order valence-corrected chi connectivity index (χ1v) is 8.69. The summed E-state index contributed by atoms with van der Waals surface area (Å²) in [5.74, 6) is 1.70. The summed E-state index contributed by atoms with van der Waals surface area (Å²) < 4.78 is 16.0. The second-order valence-electron chi connectivity index (χ2n) is 5.73. The minimum Gasteiger partial charge on any atom is -0.493 e. The lowest BCUT2D eigenvalue weighted by Crippen LogP contribution is -2.31. The molecule has 2 rings (SSSR count). The summed E-state index contributed by atoms with van der Waals surface area (Å²) in [5.41, 5.74) is 1.69. The van der Waals surface area contributed by atoms with Crippen molar-refractivity contribution in [2.45, 2.75) is 20.8 Å². The highest BCUT2D eigenvalue weighted by atomic mass is 16.5. The number of hydrogen-bond acceptors (Lipinski definition) is 7. The molecule has 0 unspecified atom stereocenters. The highest BCUT2D eigenvalue weighted by molar-refractivity contribution is 5.92. The lowest BCUT2D eigenvalue weighted by Gasteiger charge is -2.19. The molecular weight excluding hydrogens is 348 g/mol. The third-order valence-electron chi connectivity index (χ3n) is 4.04. The van der Waals surface area contributed by atoms with Crippen molar-refractivity contribution < 1.29 is 19.0 Å². The largest absolute Gasteiger partial charge is 0.493 e. The van der Waals surface area contributed by atoms with E-state index in [1.54, 1.807) is 44.4 Å². The van der Waals surface area contributed by atoms with Crippen LogP contribution < -0.4 is 19.5 Å². The van der Waals surface area contributed by atoms with Crippen LogP contribution in [0.25, 0.3) is 0 Å². The van der Waals surface area contributed by atoms with Crippen LogP contribution in [0.3, 0.4) is 0 Å². The zero-order valence-electron chi connectivity index (χ0n) is 16.6. The van der Waals surface area contributed by atoms with Crippen molar-refractivity contribution in [2.24, 2.45) is 0 Å². The topological polar surface area (TPSA) is 85.8 Å². The molecule has 0 radical (unpaired) electrons. The van der Waals surface area contributed by atoms with Gasteiger partial charge in [-0.05, 0) is 26.8 Å². The predicted octanol–water partition coefficient (Wildman–Crippen LogP) is 3.04. The molecule has 8 nitrogen and oxygen atoms in total. The Balaban J connectivity index is 2.39.